The topological polar surface area (TPSA) is 51.5 Å². The van der Waals surface area contributed by atoms with Gasteiger partial charge in [-0.25, -0.2) is 9.50 Å². The van der Waals surface area contributed by atoms with E-state index in [4.69, 9.17) is 4.74 Å². The van der Waals surface area contributed by atoms with Gasteiger partial charge in [0.15, 0.2) is 5.82 Å². The number of nitrogens with one attached hydrogen (secondary N) is 1. The number of hydrogen-bond donors (Lipinski definition) is 1. The van der Waals surface area contributed by atoms with Crippen LogP contribution in [0.2, 0.25) is 0 Å². The molecule has 0 saturated carbocycles. The molecule has 0 spiro atoms. The molecule has 0 aliphatic carbocycles. The molecule has 2 aromatic heterocycles. The molecule has 20 heavy (non-hydrogen) atoms. The van der Waals surface area contributed by atoms with E-state index in [1.807, 2.05) is 10.7 Å². The second-order valence-corrected chi connectivity index (χ2v) is 6.87. The highest BCUT2D eigenvalue weighted by molar-refractivity contribution is 5.69. The van der Waals surface area contributed by atoms with Gasteiger partial charge in [0, 0.05) is 24.4 Å². The molecule has 3 heterocycles. The minimum Gasteiger partial charge on any atom is -0.379 e. The van der Waals surface area contributed by atoms with Gasteiger partial charge in [0.05, 0.1) is 17.8 Å². The van der Waals surface area contributed by atoms with Crippen LogP contribution in [-0.4, -0.2) is 33.4 Å². The summed E-state index contributed by atoms with van der Waals surface area (Å²) in [6.45, 7) is 10.2. The standard InChI is InChI=1S/C15H22N4O/c1-14(2,3)12-9-11-13(16-6-7-19(11)18-12)17-15(4)5-8-20-10-15/h6-7,9H,5,8,10H2,1-4H3,(H,16,17). The zero-order valence-corrected chi connectivity index (χ0v) is 12.6. The molecule has 108 valence electrons. The van der Waals surface area contributed by atoms with Crippen LogP contribution in [0, 0.1) is 0 Å². The van der Waals surface area contributed by atoms with Gasteiger partial charge in [-0.15, -0.1) is 0 Å². The van der Waals surface area contributed by atoms with E-state index in [1.54, 1.807) is 6.20 Å². The zero-order chi connectivity index (χ0) is 14.4. The van der Waals surface area contributed by atoms with Crippen molar-refractivity contribution in [2.45, 2.75) is 45.1 Å². The largest absolute Gasteiger partial charge is 0.379 e. The first-order chi connectivity index (χ1) is 9.37. The summed E-state index contributed by atoms with van der Waals surface area (Å²) < 4.78 is 7.39. The normalized spacial score (nSPS) is 23.4. The predicted molar refractivity (Wildman–Crippen MR) is 79.2 cm³/mol. The van der Waals surface area contributed by atoms with Crippen LogP contribution in [0.4, 0.5) is 5.82 Å². The SMILES string of the molecule is CC1(Nc2nccn3nc(C(C)(C)C)cc23)CCOC1. The number of fused-ring (bicyclic) bond motifs is 1. The minimum absolute atomic E-state index is 0.0314. The maximum absolute atomic E-state index is 5.49. The second kappa shape index (κ2) is 4.45. The molecule has 1 N–H and O–H groups in total. The van der Waals surface area contributed by atoms with Crippen molar-refractivity contribution in [3.05, 3.63) is 24.2 Å². The Morgan fingerprint density at radius 2 is 2.20 bits per heavy atom. The molecule has 0 amide bonds. The lowest BCUT2D eigenvalue weighted by molar-refractivity contribution is 0.185. The Bertz CT molecular complexity index is 620. The third-order valence-electron chi connectivity index (χ3n) is 3.80. The van der Waals surface area contributed by atoms with Crippen molar-refractivity contribution in [1.82, 2.24) is 14.6 Å². The first-order valence-electron chi connectivity index (χ1n) is 7.08. The quantitative estimate of drug-likeness (QED) is 0.914. The Morgan fingerprint density at radius 1 is 1.40 bits per heavy atom. The van der Waals surface area contributed by atoms with E-state index in [0.717, 1.165) is 36.7 Å². The van der Waals surface area contributed by atoms with Gasteiger partial charge in [-0.3, -0.25) is 0 Å². The molecule has 5 nitrogen and oxygen atoms in total. The summed E-state index contributed by atoms with van der Waals surface area (Å²) in [7, 11) is 0. The number of rotatable bonds is 2. The monoisotopic (exact) mass is 274 g/mol. The van der Waals surface area contributed by atoms with Crippen LogP contribution in [0.3, 0.4) is 0 Å². The lowest BCUT2D eigenvalue weighted by Gasteiger charge is -2.24. The maximum atomic E-state index is 5.49. The molecule has 0 radical (unpaired) electrons. The Labute approximate surface area is 119 Å². The zero-order valence-electron chi connectivity index (χ0n) is 12.6. The molecular formula is C15H22N4O. The van der Waals surface area contributed by atoms with Gasteiger partial charge in [0.1, 0.15) is 5.52 Å². The van der Waals surface area contributed by atoms with Crippen LogP contribution >= 0.6 is 0 Å². The molecule has 1 aliphatic heterocycles. The van der Waals surface area contributed by atoms with Crippen LogP contribution in [-0.2, 0) is 10.2 Å². The van der Waals surface area contributed by atoms with Crippen molar-refractivity contribution >= 4 is 11.3 Å². The fraction of sp³-hybridized carbons (Fsp3) is 0.600. The highest BCUT2D eigenvalue weighted by Crippen LogP contribution is 2.28. The Kier molecular flexibility index (Phi) is 2.97. The summed E-state index contributed by atoms with van der Waals surface area (Å²) in [5.74, 6) is 0.878. The number of ether oxygens (including phenoxy) is 1. The number of nitrogens with zero attached hydrogens (tertiary/aromatic N) is 3. The summed E-state index contributed by atoms with van der Waals surface area (Å²) in [5, 5.41) is 8.18. The predicted octanol–water partition coefficient (Wildman–Crippen LogP) is 2.62. The molecule has 5 heteroatoms. The van der Waals surface area contributed by atoms with Crippen LogP contribution in [0.15, 0.2) is 18.5 Å². The smallest absolute Gasteiger partial charge is 0.152 e. The lowest BCUT2D eigenvalue weighted by Crippen LogP contribution is -2.35. The number of aromatic nitrogens is 3. The van der Waals surface area contributed by atoms with Crippen LogP contribution in [0.1, 0.15) is 39.8 Å². The van der Waals surface area contributed by atoms with E-state index in [1.165, 1.54) is 0 Å². The van der Waals surface area contributed by atoms with Crippen LogP contribution in [0.25, 0.3) is 5.52 Å². The van der Waals surface area contributed by atoms with Gasteiger partial charge in [0.25, 0.3) is 0 Å². The Morgan fingerprint density at radius 3 is 2.85 bits per heavy atom. The van der Waals surface area contributed by atoms with E-state index in [-0.39, 0.29) is 11.0 Å². The van der Waals surface area contributed by atoms with Gasteiger partial charge in [-0.1, -0.05) is 20.8 Å². The first kappa shape index (κ1) is 13.4. The van der Waals surface area contributed by atoms with Gasteiger partial charge in [-0.2, -0.15) is 5.10 Å². The summed E-state index contributed by atoms with van der Waals surface area (Å²) in [6, 6.07) is 2.12. The second-order valence-electron chi connectivity index (χ2n) is 6.87. The van der Waals surface area contributed by atoms with Gasteiger partial charge in [-0.05, 0) is 19.4 Å². The Balaban J connectivity index is 2.01. The molecule has 0 aromatic carbocycles. The summed E-state index contributed by atoms with van der Waals surface area (Å²) >= 11 is 0. The minimum atomic E-state index is -0.0407. The molecule has 1 unspecified atom stereocenters. The molecule has 1 saturated heterocycles. The van der Waals surface area contributed by atoms with E-state index in [9.17, 15) is 0 Å². The third kappa shape index (κ3) is 2.38. The number of anilines is 1. The van der Waals surface area contributed by atoms with E-state index in [0.29, 0.717) is 0 Å². The van der Waals surface area contributed by atoms with Crippen molar-refractivity contribution in [3.63, 3.8) is 0 Å². The molecule has 0 bridgehead atoms. The highest BCUT2D eigenvalue weighted by Gasteiger charge is 2.30. The van der Waals surface area contributed by atoms with Gasteiger partial charge < -0.3 is 10.1 Å². The third-order valence-corrected chi connectivity index (χ3v) is 3.80. The summed E-state index contributed by atoms with van der Waals surface area (Å²) in [5.41, 5.74) is 2.08. The van der Waals surface area contributed by atoms with Crippen molar-refractivity contribution in [3.8, 4) is 0 Å². The molecule has 1 atom stereocenters. The molecule has 1 aliphatic rings. The van der Waals surface area contributed by atoms with Crippen molar-refractivity contribution in [2.24, 2.45) is 0 Å². The molecule has 2 aromatic rings. The highest BCUT2D eigenvalue weighted by atomic mass is 16.5. The first-order valence-corrected chi connectivity index (χ1v) is 7.08. The molecule has 3 rings (SSSR count). The van der Waals surface area contributed by atoms with Crippen molar-refractivity contribution in [1.29, 1.82) is 0 Å². The fourth-order valence-corrected chi connectivity index (χ4v) is 2.44. The molecule has 1 fully saturated rings. The van der Waals surface area contributed by atoms with Crippen molar-refractivity contribution < 1.29 is 4.74 Å². The van der Waals surface area contributed by atoms with E-state index >= 15 is 0 Å². The molecular weight excluding hydrogens is 252 g/mol. The van der Waals surface area contributed by atoms with Gasteiger partial charge >= 0.3 is 0 Å². The Hall–Kier alpha value is -1.62. The van der Waals surface area contributed by atoms with Gasteiger partial charge in [0.2, 0.25) is 0 Å². The maximum Gasteiger partial charge on any atom is 0.152 e. The summed E-state index contributed by atoms with van der Waals surface area (Å²) in [4.78, 5) is 4.48. The van der Waals surface area contributed by atoms with Crippen LogP contribution in [0.5, 0.6) is 0 Å². The average Bonchev–Trinajstić information content (AvgIpc) is 2.95. The van der Waals surface area contributed by atoms with E-state index < -0.39 is 0 Å². The van der Waals surface area contributed by atoms with Crippen molar-refractivity contribution in [2.75, 3.05) is 18.5 Å². The fourth-order valence-electron chi connectivity index (χ4n) is 2.44. The summed E-state index contributed by atoms with van der Waals surface area (Å²) in [6.07, 6.45) is 4.67. The average molecular weight is 274 g/mol. The van der Waals surface area contributed by atoms with Crippen LogP contribution < -0.4 is 5.32 Å². The lowest BCUT2D eigenvalue weighted by atomic mass is 9.92. The number of hydrogen-bond acceptors (Lipinski definition) is 4. The van der Waals surface area contributed by atoms with E-state index in [2.05, 4.69) is 49.2 Å².